The van der Waals surface area contributed by atoms with Crippen LogP contribution in [0.3, 0.4) is 0 Å². The van der Waals surface area contributed by atoms with E-state index in [2.05, 4.69) is 4.74 Å². The summed E-state index contributed by atoms with van der Waals surface area (Å²) in [6.45, 7) is 0. The maximum absolute atomic E-state index is 11.8. The van der Waals surface area contributed by atoms with Gasteiger partial charge in [0.05, 0.1) is 4.90 Å². The average molecular weight is 229 g/mol. The summed E-state index contributed by atoms with van der Waals surface area (Å²) >= 11 is 0. The van der Waals surface area contributed by atoms with E-state index in [4.69, 9.17) is 10.7 Å². The van der Waals surface area contributed by atoms with E-state index >= 15 is 0 Å². The Morgan fingerprint density at radius 3 is 2.38 bits per heavy atom. The molecule has 0 bridgehead atoms. The molecule has 13 heavy (non-hydrogen) atoms. The van der Waals surface area contributed by atoms with Crippen LogP contribution in [-0.4, -0.2) is 6.36 Å². The topological polar surface area (TPSA) is 9.23 Å². The van der Waals surface area contributed by atoms with Crippen molar-refractivity contribution < 1.29 is 17.9 Å². The standard InChI is InChI=1S/C7H4ClF3OS/c8-13-6-4-2-1-3-5(6)12-7(9,10)11/h1-4H. The molecule has 0 radical (unpaired) electrons. The number of hydrogen-bond donors (Lipinski definition) is 0. The van der Waals surface area contributed by atoms with Gasteiger partial charge in [0, 0.05) is 0 Å². The van der Waals surface area contributed by atoms with Gasteiger partial charge in [-0.15, -0.1) is 13.2 Å². The molecule has 0 saturated carbocycles. The molecule has 1 aromatic carbocycles. The highest BCUT2D eigenvalue weighted by Crippen LogP contribution is 2.34. The fraction of sp³-hybridized carbons (Fsp3) is 0.143. The molecule has 0 aliphatic rings. The zero-order valence-electron chi connectivity index (χ0n) is 6.14. The third-order valence-electron chi connectivity index (χ3n) is 1.16. The summed E-state index contributed by atoms with van der Waals surface area (Å²) in [7, 11) is 6.01. The molecule has 1 rings (SSSR count). The lowest BCUT2D eigenvalue weighted by atomic mass is 10.3. The number of para-hydroxylation sites is 1. The average Bonchev–Trinajstić information content (AvgIpc) is 2.02. The third kappa shape index (κ3) is 3.36. The second kappa shape index (κ2) is 4.11. The number of benzene rings is 1. The second-order valence-electron chi connectivity index (χ2n) is 2.07. The lowest BCUT2D eigenvalue weighted by molar-refractivity contribution is -0.275. The minimum absolute atomic E-state index is 0.237. The van der Waals surface area contributed by atoms with E-state index in [1.807, 2.05) is 0 Å². The molecule has 72 valence electrons. The van der Waals surface area contributed by atoms with Crippen molar-refractivity contribution in [2.24, 2.45) is 0 Å². The largest absolute Gasteiger partial charge is 0.573 e. The smallest absolute Gasteiger partial charge is 0.405 e. The number of hydrogen-bond acceptors (Lipinski definition) is 2. The maximum atomic E-state index is 11.8. The Labute approximate surface area is 81.3 Å². The van der Waals surface area contributed by atoms with Gasteiger partial charge in [-0.1, -0.05) is 12.1 Å². The normalized spacial score (nSPS) is 11.4. The summed E-state index contributed by atoms with van der Waals surface area (Å²) in [6, 6.07) is 5.67. The Hall–Kier alpha value is -0.550. The van der Waals surface area contributed by atoms with Crippen molar-refractivity contribution in [3.05, 3.63) is 24.3 Å². The highest BCUT2D eigenvalue weighted by molar-refractivity contribution is 8.21. The molecule has 0 saturated heterocycles. The first-order valence-corrected chi connectivity index (χ1v) is 4.80. The molecule has 0 aromatic heterocycles. The Morgan fingerprint density at radius 2 is 1.85 bits per heavy atom. The summed E-state index contributed by atoms with van der Waals surface area (Å²) in [6.07, 6.45) is -4.68. The highest BCUT2D eigenvalue weighted by atomic mass is 35.7. The minimum atomic E-state index is -4.68. The van der Waals surface area contributed by atoms with Gasteiger partial charge < -0.3 is 4.74 Å². The summed E-state index contributed by atoms with van der Waals surface area (Å²) in [5.74, 6) is -0.282. The quantitative estimate of drug-likeness (QED) is 0.761. The number of halogens is 4. The maximum Gasteiger partial charge on any atom is 0.573 e. The summed E-state index contributed by atoms with van der Waals surface area (Å²) < 4.78 is 39.1. The Morgan fingerprint density at radius 1 is 1.23 bits per heavy atom. The van der Waals surface area contributed by atoms with Crippen LogP contribution in [0.15, 0.2) is 29.2 Å². The molecule has 0 aliphatic carbocycles. The van der Waals surface area contributed by atoms with Gasteiger partial charge in [0.15, 0.2) is 0 Å². The van der Waals surface area contributed by atoms with E-state index in [0.717, 1.165) is 0 Å². The molecule has 0 fully saturated rings. The van der Waals surface area contributed by atoms with Gasteiger partial charge in [-0.25, -0.2) is 0 Å². The van der Waals surface area contributed by atoms with Crippen molar-refractivity contribution in [3.63, 3.8) is 0 Å². The Balaban J connectivity index is 2.87. The van der Waals surface area contributed by atoms with Crippen molar-refractivity contribution in [2.75, 3.05) is 0 Å². The first-order valence-electron chi connectivity index (χ1n) is 3.16. The molecular weight excluding hydrogens is 225 g/mol. The van der Waals surface area contributed by atoms with Crippen LogP contribution in [0.4, 0.5) is 13.2 Å². The first kappa shape index (κ1) is 10.5. The van der Waals surface area contributed by atoms with Crippen LogP contribution in [0, 0.1) is 0 Å². The molecular formula is C7H4ClF3OS. The zero-order chi connectivity index (χ0) is 9.90. The van der Waals surface area contributed by atoms with Gasteiger partial charge in [-0.05, 0) is 33.8 Å². The summed E-state index contributed by atoms with van der Waals surface area (Å²) in [4.78, 5) is 0.237. The molecule has 0 amide bonds. The molecule has 0 spiro atoms. The molecule has 0 aliphatic heterocycles. The molecule has 0 unspecified atom stereocenters. The lowest BCUT2D eigenvalue weighted by Gasteiger charge is -2.10. The van der Waals surface area contributed by atoms with E-state index in [0.29, 0.717) is 11.0 Å². The van der Waals surface area contributed by atoms with Crippen molar-refractivity contribution >= 4 is 21.7 Å². The fourth-order valence-corrected chi connectivity index (χ4v) is 1.42. The molecule has 1 aromatic rings. The first-order chi connectivity index (χ1) is 6.03. The van der Waals surface area contributed by atoms with E-state index in [-0.39, 0.29) is 10.6 Å². The van der Waals surface area contributed by atoms with Crippen molar-refractivity contribution in [1.82, 2.24) is 0 Å². The predicted octanol–water partition coefficient (Wildman–Crippen LogP) is 3.83. The van der Waals surface area contributed by atoms with Gasteiger partial charge in [0.1, 0.15) is 5.75 Å². The van der Waals surface area contributed by atoms with Gasteiger partial charge in [0.25, 0.3) is 0 Å². The molecule has 0 heterocycles. The van der Waals surface area contributed by atoms with Gasteiger partial charge in [-0.3, -0.25) is 0 Å². The van der Waals surface area contributed by atoms with Crippen LogP contribution in [0.5, 0.6) is 5.75 Å². The van der Waals surface area contributed by atoms with Crippen molar-refractivity contribution in [2.45, 2.75) is 11.3 Å². The third-order valence-corrected chi connectivity index (χ3v) is 2.16. The highest BCUT2D eigenvalue weighted by Gasteiger charge is 2.31. The Bertz CT molecular complexity index is 289. The van der Waals surface area contributed by atoms with Crippen LogP contribution in [0.2, 0.25) is 0 Å². The molecule has 1 nitrogen and oxygen atoms in total. The van der Waals surface area contributed by atoms with Crippen LogP contribution in [-0.2, 0) is 0 Å². The zero-order valence-corrected chi connectivity index (χ0v) is 7.71. The molecule has 0 N–H and O–H groups in total. The minimum Gasteiger partial charge on any atom is -0.405 e. The van der Waals surface area contributed by atoms with Crippen LogP contribution in [0.25, 0.3) is 0 Å². The van der Waals surface area contributed by atoms with E-state index < -0.39 is 6.36 Å². The van der Waals surface area contributed by atoms with Crippen LogP contribution in [0.1, 0.15) is 0 Å². The summed E-state index contributed by atoms with van der Waals surface area (Å²) in [5, 5.41) is 0. The predicted molar refractivity (Wildman–Crippen MR) is 44.8 cm³/mol. The van der Waals surface area contributed by atoms with E-state index in [1.165, 1.54) is 18.2 Å². The van der Waals surface area contributed by atoms with Gasteiger partial charge in [0.2, 0.25) is 0 Å². The number of alkyl halides is 3. The second-order valence-corrected chi connectivity index (χ2v) is 3.13. The molecule has 0 atom stereocenters. The van der Waals surface area contributed by atoms with Crippen molar-refractivity contribution in [3.8, 4) is 5.75 Å². The molecule has 6 heteroatoms. The lowest BCUT2D eigenvalue weighted by Crippen LogP contribution is -2.17. The number of ether oxygens (including phenoxy) is 1. The van der Waals surface area contributed by atoms with E-state index in [1.54, 1.807) is 6.07 Å². The van der Waals surface area contributed by atoms with E-state index in [9.17, 15) is 13.2 Å². The number of rotatable bonds is 2. The van der Waals surface area contributed by atoms with Crippen molar-refractivity contribution in [1.29, 1.82) is 0 Å². The monoisotopic (exact) mass is 228 g/mol. The summed E-state index contributed by atoms with van der Waals surface area (Å²) in [5.41, 5.74) is 0. The van der Waals surface area contributed by atoms with Gasteiger partial charge in [-0.2, -0.15) is 0 Å². The SMILES string of the molecule is FC(F)(F)Oc1ccccc1SCl. The fourth-order valence-electron chi connectivity index (χ4n) is 0.723. The van der Waals surface area contributed by atoms with Crippen LogP contribution >= 0.6 is 21.7 Å². The Kier molecular flexibility index (Phi) is 3.33. The van der Waals surface area contributed by atoms with Gasteiger partial charge >= 0.3 is 6.36 Å². The van der Waals surface area contributed by atoms with Crippen LogP contribution < -0.4 is 4.74 Å².